The largest absolute Gasteiger partial charge is 0.308 e. The fourth-order valence-electron chi connectivity index (χ4n) is 9.21. The maximum Gasteiger partial charge on any atom is 0.0992 e. The third-order valence-corrected chi connectivity index (χ3v) is 11.9. The minimum atomic E-state index is -1.06. The molecule has 8 aromatic rings. The molecule has 0 saturated heterocycles. The van der Waals surface area contributed by atoms with Gasteiger partial charge in [0.1, 0.15) is 0 Å². The third-order valence-electron chi connectivity index (χ3n) is 11.9. The zero-order valence-electron chi connectivity index (χ0n) is 34.3. The number of fused-ring (bicyclic) bond motifs is 3. The number of nitriles is 6. The van der Waals surface area contributed by atoms with Crippen molar-refractivity contribution in [3.8, 4) is 92.0 Å². The van der Waals surface area contributed by atoms with Crippen LogP contribution in [0, 0.1) is 80.3 Å². The zero-order chi connectivity index (χ0) is 44.5. The van der Waals surface area contributed by atoms with Gasteiger partial charge in [-0.3, -0.25) is 0 Å². The lowest BCUT2D eigenvalue weighted by atomic mass is 9.66. The summed E-state index contributed by atoms with van der Waals surface area (Å²) in [6.07, 6.45) is 1.21. The van der Waals surface area contributed by atoms with E-state index in [-0.39, 0.29) is 0 Å². The molecule has 0 aromatic heterocycles. The van der Waals surface area contributed by atoms with Crippen LogP contribution in [0.3, 0.4) is 0 Å². The van der Waals surface area contributed by atoms with Crippen molar-refractivity contribution in [1.29, 1.82) is 37.0 Å². The average molecular weight is 814 g/mol. The number of hydrogen-bond donors (Lipinski definition) is 1. The maximum atomic E-state index is 10.1. The van der Waals surface area contributed by atoms with E-state index in [2.05, 4.69) is 84.9 Å². The smallest absolute Gasteiger partial charge is 0.0992 e. The molecule has 8 aromatic carbocycles. The van der Waals surface area contributed by atoms with Gasteiger partial charge in [-0.25, -0.2) is 0 Å². The summed E-state index contributed by atoms with van der Waals surface area (Å²) < 4.78 is 0. The first-order valence-electron chi connectivity index (χ1n) is 20.2. The highest BCUT2D eigenvalue weighted by atomic mass is 14.5. The Labute approximate surface area is 370 Å². The Hall–Kier alpha value is -9.63. The van der Waals surface area contributed by atoms with Crippen molar-refractivity contribution in [3.05, 3.63) is 224 Å². The van der Waals surface area contributed by atoms with E-state index in [1.807, 2.05) is 67.6 Å². The van der Waals surface area contributed by atoms with Crippen LogP contribution in [0.25, 0.3) is 55.6 Å². The van der Waals surface area contributed by atoms with Gasteiger partial charge >= 0.3 is 0 Å². The summed E-state index contributed by atoms with van der Waals surface area (Å²) in [4.78, 5) is 0. The van der Waals surface area contributed by atoms with E-state index in [4.69, 9.17) is 5.41 Å². The summed E-state index contributed by atoms with van der Waals surface area (Å²) in [6, 6.07) is 63.8. The van der Waals surface area contributed by atoms with Gasteiger partial charge in [0.2, 0.25) is 0 Å². The molecule has 294 valence electrons. The summed E-state index contributed by atoms with van der Waals surface area (Å²) in [7, 11) is 0. The molecular formula is C57H31N7. The van der Waals surface area contributed by atoms with Gasteiger partial charge in [0.25, 0.3) is 0 Å². The monoisotopic (exact) mass is 813 g/mol. The molecule has 0 fully saturated rings. The molecule has 0 bridgehead atoms. The van der Waals surface area contributed by atoms with Crippen molar-refractivity contribution >= 4 is 6.21 Å². The minimum absolute atomic E-state index is 0.327. The number of rotatable bonds is 7. The first-order chi connectivity index (χ1) is 31.2. The van der Waals surface area contributed by atoms with Gasteiger partial charge in [0.15, 0.2) is 0 Å². The van der Waals surface area contributed by atoms with E-state index >= 15 is 0 Å². The first-order valence-corrected chi connectivity index (χ1v) is 20.2. The van der Waals surface area contributed by atoms with Crippen LogP contribution in [-0.4, -0.2) is 6.21 Å². The van der Waals surface area contributed by atoms with E-state index in [0.717, 1.165) is 66.8 Å². The lowest BCUT2D eigenvalue weighted by Gasteiger charge is -2.35. The fraction of sp³-hybridized carbons (Fsp3) is 0.0351. The van der Waals surface area contributed by atoms with E-state index in [1.54, 1.807) is 48.5 Å². The number of benzene rings is 8. The molecule has 0 unspecified atom stereocenters. The molecule has 7 nitrogen and oxygen atoms in total. The number of nitrogens with zero attached hydrogens (tertiary/aromatic N) is 6. The first kappa shape index (κ1) is 39.8. The third kappa shape index (κ3) is 6.82. The Morgan fingerprint density at radius 1 is 0.375 bits per heavy atom. The molecule has 7 heteroatoms. The lowest BCUT2D eigenvalue weighted by molar-refractivity contribution is 0.770. The number of aryl methyl sites for hydroxylation is 1. The fourth-order valence-corrected chi connectivity index (χ4v) is 9.21. The lowest BCUT2D eigenvalue weighted by Crippen LogP contribution is -2.29. The van der Waals surface area contributed by atoms with E-state index in [9.17, 15) is 31.6 Å². The molecule has 0 aliphatic heterocycles. The van der Waals surface area contributed by atoms with Crippen molar-refractivity contribution in [2.45, 2.75) is 12.3 Å². The summed E-state index contributed by atoms with van der Waals surface area (Å²) in [6.45, 7) is 1.95. The van der Waals surface area contributed by atoms with Crippen LogP contribution in [0.4, 0.5) is 0 Å². The molecular weight excluding hydrogens is 783 g/mol. The van der Waals surface area contributed by atoms with Gasteiger partial charge in [0, 0.05) is 6.21 Å². The number of nitrogens with one attached hydrogen (secondary N) is 1. The summed E-state index contributed by atoms with van der Waals surface area (Å²) in [5, 5.41) is 68.8. The van der Waals surface area contributed by atoms with Crippen LogP contribution in [0.5, 0.6) is 0 Å². The highest BCUT2D eigenvalue weighted by Gasteiger charge is 2.46. The molecule has 1 aliphatic carbocycles. The van der Waals surface area contributed by atoms with Gasteiger partial charge < -0.3 is 5.41 Å². The number of hydrogen-bond acceptors (Lipinski definition) is 7. The van der Waals surface area contributed by atoms with E-state index < -0.39 is 5.41 Å². The van der Waals surface area contributed by atoms with Gasteiger partial charge in [-0.15, -0.1) is 0 Å². The van der Waals surface area contributed by atoms with Crippen molar-refractivity contribution in [2.75, 3.05) is 0 Å². The maximum absolute atomic E-state index is 10.1. The van der Waals surface area contributed by atoms with Crippen molar-refractivity contribution in [1.82, 2.24) is 0 Å². The standard InChI is InChI=1S/C57H31N7/c1-35-10-36(28-58)15-43(11-35)47-22-48(44-16-37(29-59)12-38(17-44)30-60)25-51(24-47)57(55-8-4-2-6-53(55)54-7-3-5-9-56(54)57)52-26-49(45-18-39(31-61)13-40(19-45)32-62)23-50(27-52)46-20-41(33-63)14-42(21-46)34-64/h2-27,31,61H,1H3. The highest BCUT2D eigenvalue weighted by Crippen LogP contribution is 2.57. The Bertz CT molecular complexity index is 3460. The second kappa shape index (κ2) is 16.1. The molecule has 0 radical (unpaired) electrons. The highest BCUT2D eigenvalue weighted by molar-refractivity contribution is 5.90. The van der Waals surface area contributed by atoms with E-state index in [0.29, 0.717) is 55.6 Å². The van der Waals surface area contributed by atoms with Crippen molar-refractivity contribution in [2.24, 2.45) is 0 Å². The Morgan fingerprint density at radius 3 is 1.09 bits per heavy atom. The van der Waals surface area contributed by atoms with Crippen LogP contribution < -0.4 is 0 Å². The zero-order valence-corrected chi connectivity index (χ0v) is 34.3. The van der Waals surface area contributed by atoms with Crippen LogP contribution in [0.1, 0.15) is 66.8 Å². The topological polar surface area (TPSA) is 167 Å². The molecule has 0 amide bonds. The van der Waals surface area contributed by atoms with E-state index in [1.165, 1.54) is 6.21 Å². The summed E-state index contributed by atoms with van der Waals surface area (Å²) >= 11 is 0. The van der Waals surface area contributed by atoms with Gasteiger partial charge in [-0.05, 0) is 199 Å². The molecule has 64 heavy (non-hydrogen) atoms. The van der Waals surface area contributed by atoms with Crippen molar-refractivity contribution < 1.29 is 0 Å². The summed E-state index contributed by atoms with van der Waals surface area (Å²) in [5.74, 6) is 0. The SMILES string of the molecule is Cc1cc(C#N)cc(-c2cc(-c3cc(C#N)cc(C#N)c3)cc(C3(c4cc(-c5cc(C#N)cc(C#N)c5)cc(-c5cc(C#N)cc(C=N)c5)c4)c4ccccc4-c4ccccc43)c2)c1. The quantitative estimate of drug-likeness (QED) is 0.157. The molecule has 0 atom stereocenters. The predicted molar refractivity (Wildman–Crippen MR) is 246 cm³/mol. The van der Waals surface area contributed by atoms with Crippen LogP contribution in [-0.2, 0) is 5.41 Å². The Kier molecular flexibility index (Phi) is 10.0. The second-order valence-electron chi connectivity index (χ2n) is 15.8. The van der Waals surface area contributed by atoms with Crippen molar-refractivity contribution in [3.63, 3.8) is 0 Å². The van der Waals surface area contributed by atoms with Crippen LogP contribution >= 0.6 is 0 Å². The molecule has 0 spiro atoms. The molecule has 0 saturated carbocycles. The average Bonchev–Trinajstić information content (AvgIpc) is 3.66. The van der Waals surface area contributed by atoms with Gasteiger partial charge in [-0.2, -0.15) is 31.6 Å². The van der Waals surface area contributed by atoms with Crippen LogP contribution in [0.2, 0.25) is 0 Å². The Morgan fingerprint density at radius 2 is 0.703 bits per heavy atom. The molecule has 1 N–H and O–H groups in total. The molecule has 0 heterocycles. The minimum Gasteiger partial charge on any atom is -0.308 e. The van der Waals surface area contributed by atoms with Gasteiger partial charge in [-0.1, -0.05) is 54.6 Å². The summed E-state index contributed by atoms with van der Waals surface area (Å²) in [5.41, 5.74) is 14.2. The molecule has 1 aliphatic rings. The molecule has 9 rings (SSSR count). The predicted octanol–water partition coefficient (Wildman–Crippen LogP) is 12.3. The normalized spacial score (nSPS) is 11.6. The van der Waals surface area contributed by atoms with Gasteiger partial charge in [0.05, 0.1) is 75.2 Å². The Balaban J connectivity index is 1.47. The second-order valence-corrected chi connectivity index (χ2v) is 15.8. The van der Waals surface area contributed by atoms with Crippen LogP contribution in [0.15, 0.2) is 158 Å².